The molecule has 0 aliphatic heterocycles. The Hall–Kier alpha value is 0.504. The zero-order valence-corrected chi connectivity index (χ0v) is 9.87. The van der Waals surface area contributed by atoms with Gasteiger partial charge in [-0.25, -0.2) is 0 Å². The first-order valence-corrected chi connectivity index (χ1v) is 5.67. The van der Waals surface area contributed by atoms with Gasteiger partial charge < -0.3 is 10.0 Å². The monoisotopic (exact) mass is 240 g/mol. The molecular formula is C10H21BFeO2. The molecule has 0 atom stereocenters. The molecule has 0 aromatic heterocycles. The van der Waals surface area contributed by atoms with Crippen LogP contribution in [0.2, 0.25) is 5.82 Å². The summed E-state index contributed by atoms with van der Waals surface area (Å²) in [5, 5.41) is 17.2. The minimum atomic E-state index is -1.06. The summed E-state index contributed by atoms with van der Waals surface area (Å²) in [6.07, 6.45) is 11.8. The van der Waals surface area contributed by atoms with Crippen molar-refractivity contribution in [3.05, 3.63) is 0 Å². The van der Waals surface area contributed by atoms with E-state index in [0.717, 1.165) is 12.8 Å². The zero-order chi connectivity index (χ0) is 9.52. The Balaban J connectivity index is 0.000000246. The fraction of sp³-hybridized carbons (Fsp3) is 1.00. The molecule has 14 heavy (non-hydrogen) atoms. The van der Waals surface area contributed by atoms with Gasteiger partial charge in [0.2, 0.25) is 0 Å². The molecule has 0 saturated heterocycles. The number of rotatable bonds is 1. The standard InChI is InChI=1S/C5H11BO2.C5H10.Fe/c7-6(8)5-3-1-2-4-5;1-2-4-5-3-1;/h5,7-8H,1-4H2;1-5H2;. The third kappa shape index (κ3) is 6.08. The van der Waals surface area contributed by atoms with Crippen molar-refractivity contribution in [2.24, 2.45) is 0 Å². The van der Waals surface area contributed by atoms with Gasteiger partial charge in [0.05, 0.1) is 0 Å². The van der Waals surface area contributed by atoms with E-state index < -0.39 is 7.12 Å². The van der Waals surface area contributed by atoms with E-state index >= 15 is 0 Å². The Labute approximate surface area is 98.1 Å². The van der Waals surface area contributed by atoms with Crippen molar-refractivity contribution >= 4 is 7.12 Å². The van der Waals surface area contributed by atoms with Crippen LogP contribution in [-0.2, 0) is 17.1 Å². The molecule has 2 aliphatic rings. The van der Waals surface area contributed by atoms with Crippen LogP contribution in [0.15, 0.2) is 0 Å². The first-order chi connectivity index (χ1) is 6.30. The van der Waals surface area contributed by atoms with E-state index in [0.29, 0.717) is 0 Å². The molecular weight excluding hydrogens is 219 g/mol. The van der Waals surface area contributed by atoms with E-state index in [1.54, 1.807) is 0 Å². The Morgan fingerprint density at radius 2 is 1.07 bits per heavy atom. The van der Waals surface area contributed by atoms with Gasteiger partial charge in [0.15, 0.2) is 0 Å². The zero-order valence-electron chi connectivity index (χ0n) is 8.77. The summed E-state index contributed by atoms with van der Waals surface area (Å²) in [6, 6.07) is 0. The maximum Gasteiger partial charge on any atom is 0.454 e. The minimum Gasteiger partial charge on any atom is -0.427 e. The maximum atomic E-state index is 8.61. The summed E-state index contributed by atoms with van der Waals surface area (Å²) in [7, 11) is -1.06. The van der Waals surface area contributed by atoms with Crippen LogP contribution in [0.5, 0.6) is 0 Å². The summed E-state index contributed by atoms with van der Waals surface area (Å²) in [5.41, 5.74) is 0. The summed E-state index contributed by atoms with van der Waals surface area (Å²) < 4.78 is 0. The molecule has 2 N–H and O–H groups in total. The molecule has 0 unspecified atom stereocenters. The van der Waals surface area contributed by atoms with E-state index in [9.17, 15) is 0 Å². The molecule has 2 saturated carbocycles. The first-order valence-electron chi connectivity index (χ1n) is 5.67. The van der Waals surface area contributed by atoms with Crippen molar-refractivity contribution in [3.8, 4) is 0 Å². The van der Waals surface area contributed by atoms with Crippen LogP contribution < -0.4 is 0 Å². The van der Waals surface area contributed by atoms with E-state index in [1.807, 2.05) is 0 Å². The Kier molecular flexibility index (Phi) is 9.10. The predicted molar refractivity (Wildman–Crippen MR) is 55.5 cm³/mol. The third-order valence-electron chi connectivity index (χ3n) is 3.07. The van der Waals surface area contributed by atoms with Crippen molar-refractivity contribution in [2.45, 2.75) is 63.6 Å². The van der Waals surface area contributed by atoms with E-state index in [-0.39, 0.29) is 22.9 Å². The van der Waals surface area contributed by atoms with E-state index in [2.05, 4.69) is 0 Å². The maximum absolute atomic E-state index is 8.61. The van der Waals surface area contributed by atoms with E-state index in [4.69, 9.17) is 10.0 Å². The third-order valence-corrected chi connectivity index (χ3v) is 3.07. The second-order valence-corrected chi connectivity index (χ2v) is 4.23. The average Bonchev–Trinajstić information content (AvgIpc) is 2.82. The van der Waals surface area contributed by atoms with Crippen molar-refractivity contribution < 1.29 is 27.1 Å². The van der Waals surface area contributed by atoms with Crippen LogP contribution in [0.4, 0.5) is 0 Å². The largest absolute Gasteiger partial charge is 0.454 e. The van der Waals surface area contributed by atoms with Crippen molar-refractivity contribution in [1.82, 2.24) is 0 Å². The summed E-state index contributed by atoms with van der Waals surface area (Å²) in [5.74, 6) is 0.176. The molecule has 0 aromatic carbocycles. The molecule has 4 heteroatoms. The fourth-order valence-corrected chi connectivity index (χ4v) is 2.14. The molecule has 2 fully saturated rings. The molecule has 2 nitrogen and oxygen atoms in total. The van der Waals surface area contributed by atoms with Crippen LogP contribution in [0, 0.1) is 0 Å². The quantitative estimate of drug-likeness (QED) is 0.690. The topological polar surface area (TPSA) is 40.5 Å². The second kappa shape index (κ2) is 8.78. The molecule has 2 aliphatic carbocycles. The summed E-state index contributed by atoms with van der Waals surface area (Å²) in [6.45, 7) is 0. The molecule has 0 spiro atoms. The second-order valence-electron chi connectivity index (χ2n) is 4.23. The van der Waals surface area contributed by atoms with Crippen LogP contribution in [0.3, 0.4) is 0 Å². The van der Waals surface area contributed by atoms with Crippen LogP contribution in [0.25, 0.3) is 0 Å². The van der Waals surface area contributed by atoms with Gasteiger partial charge in [-0.1, -0.05) is 57.8 Å². The van der Waals surface area contributed by atoms with E-state index in [1.165, 1.54) is 44.9 Å². The van der Waals surface area contributed by atoms with Crippen molar-refractivity contribution in [3.63, 3.8) is 0 Å². The fourth-order valence-electron chi connectivity index (χ4n) is 2.14. The first kappa shape index (κ1) is 14.5. The van der Waals surface area contributed by atoms with Gasteiger partial charge in [0.25, 0.3) is 0 Å². The number of hydrogen-bond acceptors (Lipinski definition) is 2. The van der Waals surface area contributed by atoms with Gasteiger partial charge in [-0.3, -0.25) is 0 Å². The molecule has 0 heterocycles. The Bertz CT molecular complexity index is 116. The van der Waals surface area contributed by atoms with Crippen LogP contribution in [0.1, 0.15) is 57.8 Å². The molecule has 84 valence electrons. The smallest absolute Gasteiger partial charge is 0.427 e. The van der Waals surface area contributed by atoms with Gasteiger partial charge in [-0.05, 0) is 5.82 Å². The molecule has 0 amide bonds. The molecule has 0 bridgehead atoms. The van der Waals surface area contributed by atoms with Crippen molar-refractivity contribution in [1.29, 1.82) is 0 Å². The summed E-state index contributed by atoms with van der Waals surface area (Å²) >= 11 is 0. The van der Waals surface area contributed by atoms with Crippen molar-refractivity contribution in [2.75, 3.05) is 0 Å². The van der Waals surface area contributed by atoms with Crippen LogP contribution >= 0.6 is 0 Å². The van der Waals surface area contributed by atoms with Gasteiger partial charge >= 0.3 is 7.12 Å². The van der Waals surface area contributed by atoms with Gasteiger partial charge in [-0.2, -0.15) is 0 Å². The van der Waals surface area contributed by atoms with Gasteiger partial charge in [0, 0.05) is 17.1 Å². The molecule has 2 rings (SSSR count). The average molecular weight is 240 g/mol. The SMILES string of the molecule is C1CCCC1.OB(O)C1CCCC1.[Fe]. The molecule has 0 radical (unpaired) electrons. The van der Waals surface area contributed by atoms with Crippen LogP contribution in [-0.4, -0.2) is 17.2 Å². The van der Waals surface area contributed by atoms with Gasteiger partial charge in [0.1, 0.15) is 0 Å². The Morgan fingerprint density at radius 3 is 1.29 bits per heavy atom. The Morgan fingerprint density at radius 1 is 0.714 bits per heavy atom. The predicted octanol–water partition coefficient (Wildman–Crippen LogP) is 2.35. The normalized spacial score (nSPS) is 21.0. The van der Waals surface area contributed by atoms with Gasteiger partial charge in [-0.15, -0.1) is 0 Å². The minimum absolute atomic E-state index is 0. The summed E-state index contributed by atoms with van der Waals surface area (Å²) in [4.78, 5) is 0. The number of hydrogen-bond donors (Lipinski definition) is 2. The molecule has 0 aromatic rings.